The van der Waals surface area contributed by atoms with E-state index in [9.17, 15) is 22.8 Å². The summed E-state index contributed by atoms with van der Waals surface area (Å²) in [6.45, 7) is 5.02. The van der Waals surface area contributed by atoms with Crippen LogP contribution in [0.3, 0.4) is 0 Å². The Bertz CT molecular complexity index is 1180. The van der Waals surface area contributed by atoms with Gasteiger partial charge in [0.15, 0.2) is 5.78 Å². The molecule has 0 aliphatic carbocycles. The first kappa shape index (κ1) is 28.8. The highest BCUT2D eigenvalue weighted by Gasteiger charge is 2.30. The van der Waals surface area contributed by atoms with Crippen LogP contribution in [0.1, 0.15) is 49.5 Å². The van der Waals surface area contributed by atoms with Gasteiger partial charge in [0, 0.05) is 18.7 Å². The molecule has 0 saturated carbocycles. The van der Waals surface area contributed by atoms with Crippen LogP contribution in [-0.2, 0) is 26.2 Å². The van der Waals surface area contributed by atoms with Crippen LogP contribution in [0, 0.1) is 0 Å². The number of rotatable bonds is 13. The van der Waals surface area contributed by atoms with Gasteiger partial charge in [0.1, 0.15) is 18.3 Å². The number of carbonyl (C=O) groups excluding carboxylic acids is 3. The summed E-state index contributed by atoms with van der Waals surface area (Å²) in [5.41, 5.74) is 1.24. The zero-order valence-electron chi connectivity index (χ0n) is 21.5. The van der Waals surface area contributed by atoms with Crippen molar-refractivity contribution in [1.29, 1.82) is 0 Å². The van der Waals surface area contributed by atoms with Gasteiger partial charge >= 0.3 is 0 Å². The van der Waals surface area contributed by atoms with Crippen molar-refractivity contribution in [2.24, 2.45) is 0 Å². The Kier molecular flexibility index (Phi) is 10.5. The number of sulfonamides is 1. The number of nitrogens with one attached hydrogen (secondary N) is 1. The molecule has 2 amide bonds. The molecule has 0 saturated heterocycles. The van der Waals surface area contributed by atoms with Gasteiger partial charge in [-0.05, 0) is 50.1 Å². The molecule has 0 spiro atoms. The van der Waals surface area contributed by atoms with Crippen LogP contribution >= 0.6 is 0 Å². The average Bonchev–Trinajstić information content (AvgIpc) is 2.84. The zero-order chi connectivity index (χ0) is 26.9. The maximum Gasteiger partial charge on any atom is 0.244 e. The van der Waals surface area contributed by atoms with Gasteiger partial charge in [0.25, 0.3) is 0 Å². The number of nitrogens with zero attached hydrogens (tertiary/aromatic N) is 2. The van der Waals surface area contributed by atoms with Crippen molar-refractivity contribution >= 4 is 33.3 Å². The number of ether oxygens (including phenoxy) is 1. The fourth-order valence-electron chi connectivity index (χ4n) is 3.58. The minimum absolute atomic E-state index is 0.0729. The van der Waals surface area contributed by atoms with E-state index < -0.39 is 28.5 Å². The lowest BCUT2D eigenvalue weighted by Crippen LogP contribution is -2.51. The van der Waals surface area contributed by atoms with Crippen molar-refractivity contribution in [3.05, 3.63) is 59.7 Å². The lowest BCUT2D eigenvalue weighted by atomic mass is 10.1. The van der Waals surface area contributed by atoms with E-state index in [4.69, 9.17) is 4.74 Å². The molecule has 0 heterocycles. The standard InChI is InChI=1S/C26H35N3O6S/c1-6-7-14-27-26(32)19(2)28(17-21-10-8-13-24(15-21)35-4)25(31)18-29(36(5,33)34)23-12-9-11-22(16-23)20(3)30/h8-13,15-16,19H,6-7,14,17-18H2,1-5H3,(H,27,32). The van der Waals surface area contributed by atoms with Gasteiger partial charge in [-0.25, -0.2) is 8.42 Å². The summed E-state index contributed by atoms with van der Waals surface area (Å²) in [6.07, 6.45) is 2.70. The van der Waals surface area contributed by atoms with Gasteiger partial charge in [0.05, 0.1) is 19.1 Å². The molecule has 0 fully saturated rings. The highest BCUT2D eigenvalue weighted by atomic mass is 32.2. The number of hydrogen-bond acceptors (Lipinski definition) is 6. The molecule has 0 radical (unpaired) electrons. The molecule has 9 nitrogen and oxygen atoms in total. The van der Waals surface area contributed by atoms with Crippen LogP contribution in [0.5, 0.6) is 5.75 Å². The van der Waals surface area contributed by atoms with Crippen molar-refractivity contribution in [1.82, 2.24) is 10.2 Å². The SMILES string of the molecule is CCCCNC(=O)C(C)N(Cc1cccc(OC)c1)C(=O)CN(c1cccc(C(C)=O)c1)S(C)(=O)=O. The maximum atomic E-state index is 13.6. The quantitative estimate of drug-likeness (QED) is 0.323. The van der Waals surface area contributed by atoms with Gasteiger partial charge in [0.2, 0.25) is 21.8 Å². The van der Waals surface area contributed by atoms with Crippen LogP contribution in [0.2, 0.25) is 0 Å². The molecule has 2 rings (SSSR count). The number of methoxy groups -OCH3 is 1. The highest BCUT2D eigenvalue weighted by Crippen LogP contribution is 2.21. The van der Waals surface area contributed by atoms with E-state index in [0.29, 0.717) is 17.9 Å². The number of amides is 2. The molecule has 0 aromatic heterocycles. The summed E-state index contributed by atoms with van der Waals surface area (Å²) in [4.78, 5) is 39.6. The summed E-state index contributed by atoms with van der Waals surface area (Å²) in [5, 5.41) is 2.84. The molecule has 1 atom stereocenters. The van der Waals surface area contributed by atoms with Crippen LogP contribution < -0.4 is 14.4 Å². The van der Waals surface area contributed by atoms with E-state index in [1.54, 1.807) is 43.3 Å². The molecule has 2 aromatic carbocycles. The molecule has 1 N–H and O–H groups in total. The number of hydrogen-bond donors (Lipinski definition) is 1. The van der Waals surface area contributed by atoms with E-state index in [1.807, 2.05) is 6.92 Å². The van der Waals surface area contributed by atoms with E-state index in [2.05, 4.69) is 5.32 Å². The molecule has 10 heteroatoms. The Morgan fingerprint density at radius 1 is 1.08 bits per heavy atom. The van der Waals surface area contributed by atoms with Crippen molar-refractivity contribution in [2.45, 2.75) is 46.2 Å². The van der Waals surface area contributed by atoms with Crippen molar-refractivity contribution in [3.8, 4) is 5.75 Å². The van der Waals surface area contributed by atoms with Crippen LogP contribution in [-0.4, -0.2) is 63.4 Å². The first-order valence-corrected chi connectivity index (χ1v) is 13.6. The predicted octanol–water partition coefficient (Wildman–Crippen LogP) is 3.00. The molecule has 0 bridgehead atoms. The smallest absolute Gasteiger partial charge is 0.244 e. The van der Waals surface area contributed by atoms with E-state index in [1.165, 1.54) is 31.1 Å². The van der Waals surface area contributed by atoms with Gasteiger partial charge in [-0.2, -0.15) is 0 Å². The van der Waals surface area contributed by atoms with Gasteiger partial charge < -0.3 is 15.0 Å². The average molecular weight is 518 g/mol. The number of carbonyl (C=O) groups is 3. The summed E-state index contributed by atoms with van der Waals surface area (Å²) in [6, 6.07) is 12.3. The second kappa shape index (κ2) is 13.1. The number of ketones is 1. The number of Topliss-reactive ketones (excluding diaryl/α,β-unsaturated/α-hetero) is 1. The van der Waals surface area contributed by atoms with E-state index >= 15 is 0 Å². The zero-order valence-corrected chi connectivity index (χ0v) is 22.3. The number of anilines is 1. The minimum Gasteiger partial charge on any atom is -0.497 e. The van der Waals surface area contributed by atoms with Crippen LogP contribution in [0.25, 0.3) is 0 Å². The molecule has 0 aliphatic heterocycles. The van der Waals surface area contributed by atoms with Gasteiger partial charge in [-0.15, -0.1) is 0 Å². The molecule has 2 aromatic rings. The fraction of sp³-hybridized carbons (Fsp3) is 0.423. The summed E-state index contributed by atoms with van der Waals surface area (Å²) in [5.74, 6) is -0.522. The number of benzene rings is 2. The lowest BCUT2D eigenvalue weighted by molar-refractivity contribution is -0.139. The summed E-state index contributed by atoms with van der Waals surface area (Å²) in [7, 11) is -2.35. The third-order valence-electron chi connectivity index (χ3n) is 5.70. The van der Waals surface area contributed by atoms with Crippen molar-refractivity contribution in [2.75, 3.05) is 30.8 Å². The molecule has 1 unspecified atom stereocenters. The van der Waals surface area contributed by atoms with E-state index in [0.717, 1.165) is 29.0 Å². The molecule has 0 aliphatic rings. The highest BCUT2D eigenvalue weighted by molar-refractivity contribution is 7.92. The normalized spacial score (nSPS) is 11.9. The van der Waals surface area contributed by atoms with Crippen molar-refractivity contribution < 1.29 is 27.5 Å². The Morgan fingerprint density at radius 3 is 2.39 bits per heavy atom. The molecular formula is C26H35N3O6S. The third-order valence-corrected chi connectivity index (χ3v) is 6.84. The van der Waals surface area contributed by atoms with E-state index in [-0.39, 0.29) is 23.9 Å². The van der Waals surface area contributed by atoms with Crippen LogP contribution in [0.15, 0.2) is 48.5 Å². The number of unbranched alkanes of at least 4 members (excludes halogenated alkanes) is 1. The Hall–Kier alpha value is -3.40. The lowest BCUT2D eigenvalue weighted by Gasteiger charge is -2.31. The van der Waals surface area contributed by atoms with Gasteiger partial charge in [-0.1, -0.05) is 37.6 Å². The fourth-order valence-corrected chi connectivity index (χ4v) is 4.42. The minimum atomic E-state index is -3.88. The monoisotopic (exact) mass is 517 g/mol. The second-order valence-electron chi connectivity index (χ2n) is 8.57. The predicted molar refractivity (Wildman–Crippen MR) is 140 cm³/mol. The molecule has 196 valence electrons. The van der Waals surface area contributed by atoms with Gasteiger partial charge in [-0.3, -0.25) is 18.7 Å². The Morgan fingerprint density at radius 2 is 1.78 bits per heavy atom. The molecular weight excluding hydrogens is 482 g/mol. The molecule has 36 heavy (non-hydrogen) atoms. The second-order valence-corrected chi connectivity index (χ2v) is 10.5. The summed E-state index contributed by atoms with van der Waals surface area (Å²) < 4.78 is 31.5. The third kappa shape index (κ3) is 8.08. The van der Waals surface area contributed by atoms with Crippen molar-refractivity contribution in [3.63, 3.8) is 0 Å². The Balaban J connectivity index is 2.40. The maximum absolute atomic E-state index is 13.6. The largest absolute Gasteiger partial charge is 0.497 e. The summed E-state index contributed by atoms with van der Waals surface area (Å²) >= 11 is 0. The topological polar surface area (TPSA) is 113 Å². The Labute approximate surface area is 213 Å². The van der Waals surface area contributed by atoms with Crippen LogP contribution in [0.4, 0.5) is 5.69 Å². The first-order chi connectivity index (χ1) is 17.0. The first-order valence-electron chi connectivity index (χ1n) is 11.8.